The normalized spacial score (nSPS) is 12.4. The summed E-state index contributed by atoms with van der Waals surface area (Å²) in [7, 11) is 1.65. The molecule has 0 aliphatic carbocycles. The van der Waals surface area contributed by atoms with Crippen molar-refractivity contribution in [3.8, 4) is 0 Å². The number of rotatable bonds is 5. The van der Waals surface area contributed by atoms with Gasteiger partial charge in [-0.05, 0) is 37.6 Å². The molecule has 2 N–H and O–H groups in total. The smallest absolute Gasteiger partial charge is 0.320 e. The van der Waals surface area contributed by atoms with Crippen molar-refractivity contribution in [2.24, 2.45) is 0 Å². The van der Waals surface area contributed by atoms with Crippen LogP contribution in [0, 0.1) is 0 Å². The molecule has 0 aliphatic rings. The van der Waals surface area contributed by atoms with E-state index in [1.165, 1.54) is 0 Å². The number of hydrogen-bond donors (Lipinski definition) is 2. The predicted octanol–water partition coefficient (Wildman–Crippen LogP) is 1.95. The van der Waals surface area contributed by atoms with Gasteiger partial charge >= 0.3 is 5.97 Å². The monoisotopic (exact) mass is 227 g/mol. The highest BCUT2D eigenvalue weighted by Crippen LogP contribution is 2.12. The van der Waals surface area contributed by atoms with Crippen molar-refractivity contribution in [2.45, 2.75) is 18.9 Å². The molecule has 0 aromatic heterocycles. The van der Waals surface area contributed by atoms with Gasteiger partial charge < -0.3 is 10.4 Å². The number of aryl methyl sites for hydroxylation is 1. The van der Waals surface area contributed by atoms with Crippen LogP contribution >= 0.6 is 11.6 Å². The van der Waals surface area contributed by atoms with E-state index in [1.54, 1.807) is 13.1 Å². The van der Waals surface area contributed by atoms with E-state index in [0.29, 0.717) is 17.9 Å². The first kappa shape index (κ1) is 12.0. The lowest BCUT2D eigenvalue weighted by atomic mass is 10.1. The fraction of sp³-hybridized carbons (Fsp3) is 0.364. The molecule has 0 fully saturated rings. The zero-order chi connectivity index (χ0) is 11.3. The Morgan fingerprint density at radius 3 is 2.87 bits per heavy atom. The van der Waals surface area contributed by atoms with E-state index in [9.17, 15) is 4.79 Å². The molecule has 0 aliphatic heterocycles. The molecule has 1 unspecified atom stereocenters. The maximum Gasteiger partial charge on any atom is 0.320 e. The Kier molecular flexibility index (Phi) is 4.59. The van der Waals surface area contributed by atoms with Crippen LogP contribution < -0.4 is 5.32 Å². The Balaban J connectivity index is 2.52. The average Bonchev–Trinajstić information content (AvgIpc) is 2.18. The number of likely N-dealkylation sites (N-methyl/N-ethyl adjacent to an activating group) is 1. The fourth-order valence-electron chi connectivity index (χ4n) is 1.39. The highest BCUT2D eigenvalue weighted by Gasteiger charge is 2.13. The summed E-state index contributed by atoms with van der Waals surface area (Å²) in [6.45, 7) is 0. The molecule has 0 saturated heterocycles. The predicted molar refractivity (Wildman–Crippen MR) is 60.3 cm³/mol. The summed E-state index contributed by atoms with van der Waals surface area (Å²) < 4.78 is 0. The summed E-state index contributed by atoms with van der Waals surface area (Å²) in [6.07, 6.45) is 1.27. The maximum absolute atomic E-state index is 10.7. The third-order valence-electron chi connectivity index (χ3n) is 2.26. The zero-order valence-corrected chi connectivity index (χ0v) is 9.29. The molecule has 0 radical (unpaired) electrons. The van der Waals surface area contributed by atoms with Crippen molar-refractivity contribution in [2.75, 3.05) is 7.05 Å². The van der Waals surface area contributed by atoms with E-state index in [0.717, 1.165) is 5.56 Å². The first-order chi connectivity index (χ1) is 7.13. The first-order valence-electron chi connectivity index (χ1n) is 4.78. The van der Waals surface area contributed by atoms with Gasteiger partial charge in [0.05, 0.1) is 0 Å². The van der Waals surface area contributed by atoms with Gasteiger partial charge in [0.1, 0.15) is 6.04 Å². The minimum atomic E-state index is -0.820. The zero-order valence-electron chi connectivity index (χ0n) is 8.53. The Bertz CT molecular complexity index is 341. The van der Waals surface area contributed by atoms with E-state index in [4.69, 9.17) is 16.7 Å². The highest BCUT2D eigenvalue weighted by molar-refractivity contribution is 6.30. The number of benzene rings is 1. The molecular formula is C11H14ClNO2. The second kappa shape index (κ2) is 5.73. The molecule has 0 saturated carbocycles. The topological polar surface area (TPSA) is 49.3 Å². The fourth-order valence-corrected chi connectivity index (χ4v) is 1.61. The highest BCUT2D eigenvalue weighted by atomic mass is 35.5. The van der Waals surface area contributed by atoms with E-state index in [1.807, 2.05) is 18.2 Å². The number of hydrogen-bond acceptors (Lipinski definition) is 2. The lowest BCUT2D eigenvalue weighted by Crippen LogP contribution is -2.34. The van der Waals surface area contributed by atoms with Gasteiger partial charge in [-0.2, -0.15) is 0 Å². The quantitative estimate of drug-likeness (QED) is 0.809. The Hall–Kier alpha value is -1.06. The molecule has 3 nitrogen and oxygen atoms in total. The number of carbonyl (C=O) groups is 1. The number of carboxylic acids is 1. The SMILES string of the molecule is CNC(CCc1cccc(Cl)c1)C(=O)O. The van der Waals surface area contributed by atoms with Crippen LogP contribution in [0.1, 0.15) is 12.0 Å². The molecule has 0 bridgehead atoms. The van der Waals surface area contributed by atoms with E-state index < -0.39 is 12.0 Å². The largest absolute Gasteiger partial charge is 0.480 e. The molecule has 1 aromatic carbocycles. The van der Waals surface area contributed by atoms with Crippen LogP contribution in [0.2, 0.25) is 5.02 Å². The molecule has 1 aromatic rings. The second-order valence-electron chi connectivity index (χ2n) is 3.35. The minimum Gasteiger partial charge on any atom is -0.480 e. The van der Waals surface area contributed by atoms with Gasteiger partial charge in [0, 0.05) is 5.02 Å². The van der Waals surface area contributed by atoms with Crippen LogP contribution in [0.4, 0.5) is 0 Å². The van der Waals surface area contributed by atoms with Gasteiger partial charge in [0.15, 0.2) is 0 Å². The lowest BCUT2D eigenvalue weighted by Gasteiger charge is -2.10. The van der Waals surface area contributed by atoms with E-state index >= 15 is 0 Å². The maximum atomic E-state index is 10.7. The minimum absolute atomic E-state index is 0.496. The summed E-state index contributed by atoms with van der Waals surface area (Å²) in [6, 6.07) is 6.98. The summed E-state index contributed by atoms with van der Waals surface area (Å²) in [4.78, 5) is 10.7. The molecule has 1 rings (SSSR count). The van der Waals surface area contributed by atoms with Gasteiger partial charge in [-0.25, -0.2) is 0 Å². The third-order valence-corrected chi connectivity index (χ3v) is 2.49. The van der Waals surface area contributed by atoms with Gasteiger partial charge in [0.2, 0.25) is 0 Å². The summed E-state index contributed by atoms with van der Waals surface area (Å²) in [5, 5.41) is 12.3. The molecule has 1 atom stereocenters. The van der Waals surface area contributed by atoms with Crippen molar-refractivity contribution in [1.29, 1.82) is 0 Å². The number of nitrogens with one attached hydrogen (secondary N) is 1. The van der Waals surface area contributed by atoms with Gasteiger partial charge in [0.25, 0.3) is 0 Å². The van der Waals surface area contributed by atoms with Crippen LogP contribution in [-0.4, -0.2) is 24.2 Å². The van der Waals surface area contributed by atoms with Crippen molar-refractivity contribution in [1.82, 2.24) is 5.32 Å². The Morgan fingerprint density at radius 1 is 1.60 bits per heavy atom. The Morgan fingerprint density at radius 2 is 2.33 bits per heavy atom. The summed E-state index contributed by atoms with van der Waals surface area (Å²) in [5.41, 5.74) is 1.06. The van der Waals surface area contributed by atoms with Gasteiger partial charge in [-0.15, -0.1) is 0 Å². The number of halogens is 1. The summed E-state index contributed by atoms with van der Waals surface area (Å²) in [5.74, 6) is -0.820. The molecule has 4 heteroatoms. The van der Waals surface area contributed by atoms with Crippen LogP contribution in [0.3, 0.4) is 0 Å². The number of carboxylic acid groups (broad SMARTS) is 1. The van der Waals surface area contributed by atoms with Crippen molar-refractivity contribution in [3.63, 3.8) is 0 Å². The Labute approximate surface area is 94.1 Å². The van der Waals surface area contributed by atoms with Gasteiger partial charge in [-0.3, -0.25) is 4.79 Å². The number of aliphatic carboxylic acids is 1. The van der Waals surface area contributed by atoms with Crippen molar-refractivity contribution < 1.29 is 9.90 Å². The standard InChI is InChI=1S/C11H14ClNO2/c1-13-10(11(14)15)6-5-8-3-2-4-9(12)7-8/h2-4,7,10,13H,5-6H2,1H3,(H,14,15). The molecular weight excluding hydrogens is 214 g/mol. The molecule has 82 valence electrons. The van der Waals surface area contributed by atoms with E-state index in [2.05, 4.69) is 5.32 Å². The van der Waals surface area contributed by atoms with Crippen LogP contribution in [0.15, 0.2) is 24.3 Å². The van der Waals surface area contributed by atoms with E-state index in [-0.39, 0.29) is 0 Å². The molecule has 0 spiro atoms. The van der Waals surface area contributed by atoms with Crippen LogP contribution in [0.25, 0.3) is 0 Å². The lowest BCUT2D eigenvalue weighted by molar-refractivity contribution is -0.139. The van der Waals surface area contributed by atoms with Crippen molar-refractivity contribution >= 4 is 17.6 Å². The average molecular weight is 228 g/mol. The first-order valence-corrected chi connectivity index (χ1v) is 5.16. The molecule has 0 heterocycles. The molecule has 0 amide bonds. The summed E-state index contributed by atoms with van der Waals surface area (Å²) >= 11 is 5.82. The van der Waals surface area contributed by atoms with Crippen LogP contribution in [-0.2, 0) is 11.2 Å². The van der Waals surface area contributed by atoms with Crippen LogP contribution in [0.5, 0.6) is 0 Å². The van der Waals surface area contributed by atoms with Crippen molar-refractivity contribution in [3.05, 3.63) is 34.9 Å². The molecule has 15 heavy (non-hydrogen) atoms. The van der Waals surface area contributed by atoms with Gasteiger partial charge in [-0.1, -0.05) is 23.7 Å². The third kappa shape index (κ3) is 3.90. The second-order valence-corrected chi connectivity index (χ2v) is 3.78.